The van der Waals surface area contributed by atoms with Crippen LogP contribution in [0.3, 0.4) is 0 Å². The second kappa shape index (κ2) is 9.36. The standard InChI is InChI=1S/C20H20ClN5O3S/c21-15-1-2-16(22-11-15)23-19(28)13-5-8-26(9-6-13)18(27)4-3-17-24-25-20(29-17)14-7-10-30-12-14/h1-2,7,10-13H,3-6,8-9H2,(H,22,23,28). The van der Waals surface area contributed by atoms with E-state index in [4.69, 9.17) is 16.0 Å². The number of nitrogens with zero attached hydrogens (tertiary/aromatic N) is 4. The van der Waals surface area contributed by atoms with Crippen LogP contribution < -0.4 is 5.32 Å². The van der Waals surface area contributed by atoms with Gasteiger partial charge in [0.25, 0.3) is 0 Å². The molecular formula is C20H20ClN5O3S. The van der Waals surface area contributed by atoms with Crippen molar-refractivity contribution in [1.29, 1.82) is 0 Å². The fourth-order valence-electron chi connectivity index (χ4n) is 3.30. The first-order chi connectivity index (χ1) is 14.6. The number of aryl methyl sites for hydroxylation is 1. The number of thiophene rings is 1. The second-order valence-corrected chi connectivity index (χ2v) is 8.24. The molecule has 0 radical (unpaired) electrons. The molecule has 0 spiro atoms. The van der Waals surface area contributed by atoms with Gasteiger partial charge in [-0.15, -0.1) is 10.2 Å². The minimum Gasteiger partial charge on any atom is -0.421 e. The topological polar surface area (TPSA) is 101 Å². The molecule has 1 N–H and O–H groups in total. The molecule has 2 amide bonds. The molecule has 4 rings (SSSR count). The molecule has 0 atom stereocenters. The molecule has 3 aromatic heterocycles. The lowest BCUT2D eigenvalue weighted by Crippen LogP contribution is -2.41. The summed E-state index contributed by atoms with van der Waals surface area (Å²) in [5.74, 6) is 1.21. The summed E-state index contributed by atoms with van der Waals surface area (Å²) in [4.78, 5) is 30.8. The van der Waals surface area contributed by atoms with Gasteiger partial charge in [0, 0.05) is 49.0 Å². The SMILES string of the molecule is O=C(Nc1ccc(Cl)cn1)C1CCN(C(=O)CCc2nnc(-c3ccsc3)o2)CC1. The highest BCUT2D eigenvalue weighted by atomic mass is 35.5. The Hall–Kier alpha value is -2.78. The third-order valence-electron chi connectivity index (χ3n) is 4.98. The highest BCUT2D eigenvalue weighted by Crippen LogP contribution is 2.22. The van der Waals surface area contributed by atoms with Gasteiger partial charge in [0.1, 0.15) is 5.82 Å². The predicted octanol–water partition coefficient (Wildman–Crippen LogP) is 3.66. The van der Waals surface area contributed by atoms with E-state index in [2.05, 4.69) is 20.5 Å². The Morgan fingerprint density at radius 1 is 1.23 bits per heavy atom. The van der Waals surface area contributed by atoms with Crippen LogP contribution in [-0.4, -0.2) is 45.0 Å². The quantitative estimate of drug-likeness (QED) is 0.621. The van der Waals surface area contributed by atoms with E-state index in [1.165, 1.54) is 6.20 Å². The van der Waals surface area contributed by atoms with Crippen LogP contribution in [0.25, 0.3) is 11.5 Å². The zero-order valence-corrected chi connectivity index (χ0v) is 17.7. The van der Waals surface area contributed by atoms with E-state index in [0.29, 0.717) is 61.4 Å². The molecule has 0 aliphatic carbocycles. The van der Waals surface area contributed by atoms with Crippen molar-refractivity contribution in [2.24, 2.45) is 5.92 Å². The van der Waals surface area contributed by atoms with Crippen molar-refractivity contribution in [1.82, 2.24) is 20.1 Å². The van der Waals surface area contributed by atoms with Gasteiger partial charge in [-0.05, 0) is 36.4 Å². The van der Waals surface area contributed by atoms with Gasteiger partial charge >= 0.3 is 0 Å². The van der Waals surface area contributed by atoms with Crippen molar-refractivity contribution in [3.63, 3.8) is 0 Å². The first-order valence-electron chi connectivity index (χ1n) is 9.63. The number of nitrogens with one attached hydrogen (secondary N) is 1. The lowest BCUT2D eigenvalue weighted by molar-refractivity contribution is -0.134. The minimum absolute atomic E-state index is 0.0310. The van der Waals surface area contributed by atoms with Gasteiger partial charge in [0.05, 0.1) is 5.02 Å². The molecule has 8 nitrogen and oxygen atoms in total. The first-order valence-corrected chi connectivity index (χ1v) is 11.0. The number of hydrogen-bond donors (Lipinski definition) is 1. The molecular weight excluding hydrogens is 426 g/mol. The van der Waals surface area contributed by atoms with Crippen molar-refractivity contribution in [2.75, 3.05) is 18.4 Å². The zero-order chi connectivity index (χ0) is 20.9. The van der Waals surface area contributed by atoms with Gasteiger partial charge in [-0.2, -0.15) is 11.3 Å². The maximum absolute atomic E-state index is 12.5. The molecule has 0 bridgehead atoms. The Morgan fingerprint density at radius 3 is 2.77 bits per heavy atom. The summed E-state index contributed by atoms with van der Waals surface area (Å²) >= 11 is 7.36. The number of piperidine rings is 1. The molecule has 3 aromatic rings. The van der Waals surface area contributed by atoms with Crippen LogP contribution in [0.15, 0.2) is 39.6 Å². The van der Waals surface area contributed by atoms with Crippen LogP contribution in [0.2, 0.25) is 5.02 Å². The Morgan fingerprint density at radius 2 is 2.07 bits per heavy atom. The Balaban J connectivity index is 1.22. The van der Waals surface area contributed by atoms with Crippen molar-refractivity contribution >= 4 is 40.6 Å². The van der Waals surface area contributed by atoms with Gasteiger partial charge in [-0.25, -0.2) is 4.98 Å². The Bertz CT molecular complexity index is 998. The fourth-order valence-corrected chi connectivity index (χ4v) is 4.04. The van der Waals surface area contributed by atoms with Crippen LogP contribution in [-0.2, 0) is 16.0 Å². The molecule has 1 aliphatic rings. The van der Waals surface area contributed by atoms with E-state index >= 15 is 0 Å². The first kappa shape index (κ1) is 20.5. The molecule has 10 heteroatoms. The molecule has 1 aliphatic heterocycles. The third-order valence-corrected chi connectivity index (χ3v) is 5.89. The summed E-state index contributed by atoms with van der Waals surface area (Å²) in [6.07, 6.45) is 3.43. The van der Waals surface area contributed by atoms with Crippen LogP contribution in [0.4, 0.5) is 5.82 Å². The molecule has 0 aromatic carbocycles. The summed E-state index contributed by atoms with van der Waals surface area (Å²) < 4.78 is 5.62. The number of aromatic nitrogens is 3. The van der Waals surface area contributed by atoms with Crippen molar-refractivity contribution in [2.45, 2.75) is 25.7 Å². The molecule has 1 fully saturated rings. The number of carbonyl (C=O) groups is 2. The summed E-state index contributed by atoms with van der Waals surface area (Å²) in [5, 5.41) is 15.2. The van der Waals surface area contributed by atoms with Gasteiger partial charge in [0.2, 0.25) is 23.6 Å². The van der Waals surface area contributed by atoms with Crippen molar-refractivity contribution < 1.29 is 14.0 Å². The number of rotatable bonds is 6. The smallest absolute Gasteiger partial charge is 0.248 e. The number of amides is 2. The largest absolute Gasteiger partial charge is 0.421 e. The number of halogens is 1. The lowest BCUT2D eigenvalue weighted by atomic mass is 9.95. The maximum atomic E-state index is 12.5. The van der Waals surface area contributed by atoms with Crippen LogP contribution >= 0.6 is 22.9 Å². The normalized spacial score (nSPS) is 14.6. The molecule has 4 heterocycles. The number of anilines is 1. The monoisotopic (exact) mass is 445 g/mol. The summed E-state index contributed by atoms with van der Waals surface area (Å²) in [5.41, 5.74) is 0.888. The van der Waals surface area contributed by atoms with E-state index < -0.39 is 0 Å². The van der Waals surface area contributed by atoms with Gasteiger partial charge in [-0.3, -0.25) is 9.59 Å². The number of likely N-dealkylation sites (tertiary alicyclic amines) is 1. The number of hydrogen-bond acceptors (Lipinski definition) is 7. The van der Waals surface area contributed by atoms with E-state index in [1.54, 1.807) is 28.4 Å². The highest BCUT2D eigenvalue weighted by molar-refractivity contribution is 7.08. The van der Waals surface area contributed by atoms with E-state index in [1.807, 2.05) is 16.8 Å². The van der Waals surface area contributed by atoms with Crippen molar-refractivity contribution in [3.8, 4) is 11.5 Å². The number of pyridine rings is 1. The van der Waals surface area contributed by atoms with Crippen LogP contribution in [0.5, 0.6) is 0 Å². The predicted molar refractivity (Wildman–Crippen MR) is 113 cm³/mol. The molecule has 1 saturated heterocycles. The average Bonchev–Trinajstić information content (AvgIpc) is 3.45. The van der Waals surface area contributed by atoms with Gasteiger partial charge in [-0.1, -0.05) is 11.6 Å². The lowest BCUT2D eigenvalue weighted by Gasteiger charge is -2.31. The third kappa shape index (κ3) is 5.03. The van der Waals surface area contributed by atoms with E-state index in [0.717, 1.165) is 5.56 Å². The van der Waals surface area contributed by atoms with Crippen molar-refractivity contribution in [3.05, 3.63) is 46.1 Å². The summed E-state index contributed by atoms with van der Waals surface area (Å²) in [6, 6.07) is 5.26. The van der Waals surface area contributed by atoms with E-state index in [9.17, 15) is 9.59 Å². The van der Waals surface area contributed by atoms with E-state index in [-0.39, 0.29) is 17.7 Å². The molecule has 30 heavy (non-hydrogen) atoms. The zero-order valence-electron chi connectivity index (χ0n) is 16.1. The minimum atomic E-state index is -0.143. The average molecular weight is 446 g/mol. The fraction of sp³-hybridized carbons (Fsp3) is 0.350. The molecule has 0 saturated carbocycles. The molecule has 0 unspecified atom stereocenters. The highest BCUT2D eigenvalue weighted by Gasteiger charge is 2.27. The summed E-state index contributed by atoms with van der Waals surface area (Å²) in [6.45, 7) is 1.10. The van der Waals surface area contributed by atoms with Gasteiger partial charge < -0.3 is 14.6 Å². The molecule has 156 valence electrons. The Labute approximate surface area is 182 Å². The number of carbonyl (C=O) groups excluding carboxylic acids is 2. The Kier molecular flexibility index (Phi) is 6.39. The van der Waals surface area contributed by atoms with Gasteiger partial charge in [0.15, 0.2) is 0 Å². The van der Waals surface area contributed by atoms with Crippen LogP contribution in [0, 0.1) is 5.92 Å². The van der Waals surface area contributed by atoms with Crippen LogP contribution in [0.1, 0.15) is 25.2 Å². The second-order valence-electron chi connectivity index (χ2n) is 7.02. The summed E-state index contributed by atoms with van der Waals surface area (Å²) in [7, 11) is 0. The maximum Gasteiger partial charge on any atom is 0.248 e.